The summed E-state index contributed by atoms with van der Waals surface area (Å²) >= 11 is 6.04. The number of carbonyl (C=O) groups is 1. The van der Waals surface area contributed by atoms with Crippen LogP contribution in [0.15, 0.2) is 42.5 Å². The maximum Gasteiger partial charge on any atom is 0.270 e. The number of nitro benzene ring substituents is 1. The van der Waals surface area contributed by atoms with Gasteiger partial charge in [0.2, 0.25) is 0 Å². The third-order valence-electron chi connectivity index (χ3n) is 3.84. The van der Waals surface area contributed by atoms with E-state index in [0.717, 1.165) is 11.3 Å². The maximum absolute atomic E-state index is 12.6. The molecule has 0 spiro atoms. The molecule has 25 heavy (non-hydrogen) atoms. The molecule has 2 aromatic carbocycles. The number of rotatable bonds is 6. The van der Waals surface area contributed by atoms with Crippen molar-refractivity contribution in [2.45, 2.75) is 19.9 Å². The molecule has 2 rings (SSSR count). The van der Waals surface area contributed by atoms with Gasteiger partial charge in [-0.2, -0.15) is 0 Å². The second-order valence-electron chi connectivity index (χ2n) is 5.89. The lowest BCUT2D eigenvalue weighted by Gasteiger charge is -2.23. The van der Waals surface area contributed by atoms with Crippen molar-refractivity contribution in [2.24, 2.45) is 5.92 Å². The number of nitrogens with zero attached hydrogens (tertiary/aromatic N) is 1. The van der Waals surface area contributed by atoms with Gasteiger partial charge in [-0.1, -0.05) is 37.6 Å². The number of benzene rings is 2. The van der Waals surface area contributed by atoms with Gasteiger partial charge in [0.1, 0.15) is 5.75 Å². The van der Waals surface area contributed by atoms with E-state index < -0.39 is 4.92 Å². The highest BCUT2D eigenvalue weighted by Gasteiger charge is 2.21. The lowest BCUT2D eigenvalue weighted by molar-refractivity contribution is -0.384. The molecule has 0 saturated heterocycles. The third kappa shape index (κ3) is 4.48. The number of ether oxygens (including phenoxy) is 1. The highest BCUT2D eigenvalue weighted by Crippen LogP contribution is 2.26. The highest BCUT2D eigenvalue weighted by atomic mass is 35.5. The van der Waals surface area contributed by atoms with Crippen molar-refractivity contribution in [1.29, 1.82) is 0 Å². The molecule has 0 aliphatic rings. The average molecular weight is 363 g/mol. The minimum Gasteiger partial charge on any atom is -0.497 e. The van der Waals surface area contributed by atoms with Crippen LogP contribution in [-0.2, 0) is 0 Å². The molecule has 1 atom stereocenters. The van der Waals surface area contributed by atoms with Crippen LogP contribution in [0.3, 0.4) is 0 Å². The summed E-state index contributed by atoms with van der Waals surface area (Å²) in [7, 11) is 1.59. The van der Waals surface area contributed by atoms with E-state index in [1.54, 1.807) is 7.11 Å². The third-order valence-corrected chi connectivity index (χ3v) is 4.15. The number of methoxy groups -OCH3 is 1. The Bertz CT molecular complexity index is 775. The lowest BCUT2D eigenvalue weighted by Crippen LogP contribution is -2.31. The van der Waals surface area contributed by atoms with E-state index in [0.29, 0.717) is 0 Å². The van der Waals surface area contributed by atoms with Crippen LogP contribution in [0.2, 0.25) is 5.02 Å². The Morgan fingerprint density at radius 1 is 1.20 bits per heavy atom. The van der Waals surface area contributed by atoms with Gasteiger partial charge in [-0.05, 0) is 29.7 Å². The molecule has 0 bridgehead atoms. The van der Waals surface area contributed by atoms with E-state index in [1.165, 1.54) is 18.2 Å². The second-order valence-corrected chi connectivity index (χ2v) is 6.30. The van der Waals surface area contributed by atoms with E-state index in [9.17, 15) is 14.9 Å². The van der Waals surface area contributed by atoms with Crippen LogP contribution in [0, 0.1) is 16.0 Å². The summed E-state index contributed by atoms with van der Waals surface area (Å²) in [5.74, 6) is 0.486. The van der Waals surface area contributed by atoms with Gasteiger partial charge in [-0.15, -0.1) is 0 Å². The summed E-state index contributed by atoms with van der Waals surface area (Å²) in [6.45, 7) is 3.99. The fourth-order valence-corrected chi connectivity index (χ4v) is 2.73. The molecular formula is C18H19ClN2O4. The zero-order valence-corrected chi connectivity index (χ0v) is 14.9. The molecule has 0 aliphatic carbocycles. The number of amides is 1. The predicted molar refractivity (Wildman–Crippen MR) is 96.1 cm³/mol. The number of hydrogen-bond acceptors (Lipinski definition) is 4. The van der Waals surface area contributed by atoms with Gasteiger partial charge in [0.15, 0.2) is 0 Å². The minimum absolute atomic E-state index is 0.0453. The average Bonchev–Trinajstić information content (AvgIpc) is 2.59. The number of carbonyl (C=O) groups excluding carboxylic acids is 1. The van der Waals surface area contributed by atoms with Crippen molar-refractivity contribution >= 4 is 23.2 Å². The number of non-ortho nitro benzene ring substituents is 1. The summed E-state index contributed by atoms with van der Waals surface area (Å²) in [5.41, 5.74) is 0.978. The number of nitrogens with one attached hydrogen (secondary N) is 1. The molecule has 2 aromatic rings. The van der Waals surface area contributed by atoms with E-state index >= 15 is 0 Å². The molecule has 0 aromatic heterocycles. The van der Waals surface area contributed by atoms with Crippen molar-refractivity contribution in [3.63, 3.8) is 0 Å². The standard InChI is InChI=1S/C18H19ClN2O4/c1-11(2)17(12-4-7-14(25-3)8-5-12)20-18(22)15-9-6-13(21(23)24)10-16(15)19/h4-11,17H,1-3H3,(H,20,22)/t17-/m0/s1. The Balaban J connectivity index is 2.24. The zero-order chi connectivity index (χ0) is 18.6. The number of hydrogen-bond donors (Lipinski definition) is 1. The molecule has 0 unspecified atom stereocenters. The van der Waals surface area contributed by atoms with Gasteiger partial charge in [0.05, 0.1) is 28.7 Å². The second kappa shape index (κ2) is 7.98. The van der Waals surface area contributed by atoms with Crippen LogP contribution in [0.4, 0.5) is 5.69 Å². The largest absolute Gasteiger partial charge is 0.497 e. The fourth-order valence-electron chi connectivity index (χ4n) is 2.47. The Morgan fingerprint density at radius 2 is 1.84 bits per heavy atom. The van der Waals surface area contributed by atoms with Crippen molar-refractivity contribution in [3.8, 4) is 5.75 Å². The molecule has 6 nitrogen and oxygen atoms in total. The molecule has 1 N–H and O–H groups in total. The van der Waals surface area contributed by atoms with Crippen LogP contribution in [0.1, 0.15) is 35.8 Å². The number of nitro groups is 1. The molecular weight excluding hydrogens is 344 g/mol. The fraction of sp³-hybridized carbons (Fsp3) is 0.278. The van der Waals surface area contributed by atoms with E-state index in [2.05, 4.69) is 5.32 Å². The SMILES string of the molecule is COc1ccc([C@@H](NC(=O)c2ccc([N+](=O)[O-])cc2Cl)C(C)C)cc1. The van der Waals surface area contributed by atoms with Crippen LogP contribution >= 0.6 is 11.6 Å². The maximum atomic E-state index is 12.6. The Morgan fingerprint density at radius 3 is 2.32 bits per heavy atom. The Kier molecular flexibility index (Phi) is 5.98. The van der Waals surface area contributed by atoms with Crippen LogP contribution in [0.5, 0.6) is 5.75 Å². The van der Waals surface area contributed by atoms with Crippen molar-refractivity contribution in [2.75, 3.05) is 7.11 Å². The Hall–Kier alpha value is -2.60. The summed E-state index contributed by atoms with van der Waals surface area (Å²) in [6.07, 6.45) is 0. The predicted octanol–water partition coefficient (Wildman–Crippen LogP) is 4.38. The highest BCUT2D eigenvalue weighted by molar-refractivity contribution is 6.34. The van der Waals surface area contributed by atoms with Gasteiger partial charge < -0.3 is 10.1 Å². The van der Waals surface area contributed by atoms with Gasteiger partial charge in [-0.3, -0.25) is 14.9 Å². The molecule has 0 saturated carbocycles. The minimum atomic E-state index is -0.554. The molecule has 0 aliphatic heterocycles. The van der Waals surface area contributed by atoms with Crippen LogP contribution < -0.4 is 10.1 Å². The first-order valence-corrected chi connectivity index (χ1v) is 8.10. The zero-order valence-electron chi connectivity index (χ0n) is 14.2. The quantitative estimate of drug-likeness (QED) is 0.610. The summed E-state index contributed by atoms with van der Waals surface area (Å²) in [6, 6.07) is 11.0. The topological polar surface area (TPSA) is 81.5 Å². The summed E-state index contributed by atoms with van der Waals surface area (Å²) in [4.78, 5) is 22.8. The van der Waals surface area contributed by atoms with E-state index in [-0.39, 0.29) is 34.1 Å². The van der Waals surface area contributed by atoms with Crippen molar-refractivity contribution in [3.05, 3.63) is 68.7 Å². The van der Waals surface area contributed by atoms with Crippen LogP contribution in [-0.4, -0.2) is 17.9 Å². The van der Waals surface area contributed by atoms with Crippen molar-refractivity contribution in [1.82, 2.24) is 5.32 Å². The van der Waals surface area contributed by atoms with E-state index in [4.69, 9.17) is 16.3 Å². The van der Waals surface area contributed by atoms with Crippen LogP contribution in [0.25, 0.3) is 0 Å². The monoisotopic (exact) mass is 362 g/mol. The number of halogens is 1. The normalized spacial score (nSPS) is 11.9. The molecule has 132 valence electrons. The van der Waals surface area contributed by atoms with Gasteiger partial charge >= 0.3 is 0 Å². The molecule has 0 fully saturated rings. The lowest BCUT2D eigenvalue weighted by atomic mass is 9.95. The first-order chi connectivity index (χ1) is 11.8. The molecule has 1 amide bonds. The van der Waals surface area contributed by atoms with Gasteiger partial charge in [0, 0.05) is 12.1 Å². The summed E-state index contributed by atoms with van der Waals surface area (Å²) in [5, 5.41) is 13.8. The molecule has 0 radical (unpaired) electrons. The summed E-state index contributed by atoms with van der Waals surface area (Å²) < 4.78 is 5.15. The molecule has 0 heterocycles. The Labute approximate surface area is 150 Å². The van der Waals surface area contributed by atoms with E-state index in [1.807, 2.05) is 38.1 Å². The van der Waals surface area contributed by atoms with Gasteiger partial charge in [-0.25, -0.2) is 0 Å². The smallest absolute Gasteiger partial charge is 0.270 e. The van der Waals surface area contributed by atoms with Gasteiger partial charge in [0.25, 0.3) is 11.6 Å². The molecule has 7 heteroatoms. The first kappa shape index (κ1) is 18.7. The van der Waals surface area contributed by atoms with Crippen molar-refractivity contribution < 1.29 is 14.5 Å². The first-order valence-electron chi connectivity index (χ1n) is 7.72.